The molecule has 1 unspecified atom stereocenters. The highest BCUT2D eigenvalue weighted by atomic mass is 32.1. The van der Waals surface area contributed by atoms with E-state index in [1.807, 2.05) is 44.2 Å². The smallest absolute Gasteiger partial charge is 0.417 e. The predicted octanol–water partition coefficient (Wildman–Crippen LogP) is 6.82. The number of hydrogen-bond acceptors (Lipinski definition) is 9. The van der Waals surface area contributed by atoms with Gasteiger partial charge in [0.2, 0.25) is 5.60 Å². The van der Waals surface area contributed by atoms with E-state index in [2.05, 4.69) is 4.74 Å². The molecule has 10 nitrogen and oxygen atoms in total. The molecule has 2 amide bonds. The van der Waals surface area contributed by atoms with E-state index in [9.17, 15) is 14.4 Å². The fourth-order valence-corrected chi connectivity index (χ4v) is 4.24. The number of imide groups is 1. The van der Waals surface area contributed by atoms with Crippen LogP contribution in [0.5, 0.6) is 23.0 Å². The van der Waals surface area contributed by atoms with Gasteiger partial charge in [0, 0.05) is 0 Å². The van der Waals surface area contributed by atoms with Crippen molar-refractivity contribution in [1.29, 1.82) is 0 Å². The highest BCUT2D eigenvalue weighted by Gasteiger charge is 2.47. The van der Waals surface area contributed by atoms with E-state index in [-0.39, 0.29) is 33.3 Å². The minimum absolute atomic E-state index is 0. The standard InChI is InChI=1S/C21H23NO5.C12H16O4.CH4.H2S/c1-4-21(2,27-17-12-10-16(25-3)11-13-17)19(23)22-18(14-26-20(22)24)15-8-6-5-7-9-15;1-4-12(2,11(14)15-3)16-10-7-5-9(13)6-8-10;;/h5-13,18H,4,14H2,1-3H3;5-8,13H,4H2,1-3H3;1H4;1H2/t18-,21-;;;/m0.../s1. The van der Waals surface area contributed by atoms with Gasteiger partial charge in [0.25, 0.3) is 5.91 Å². The summed E-state index contributed by atoms with van der Waals surface area (Å²) < 4.78 is 26.6. The SMILES string of the molecule is C.CCC(C)(Oc1ccc(O)cc1)C(=O)OC.CC[C@](C)(Oc1ccc(OC)cc1)C(=O)N1C(=O)OC[C@H]1c1ccccc1.S. The Labute approximate surface area is 272 Å². The third-order valence-electron chi connectivity index (χ3n) is 7.28. The van der Waals surface area contributed by atoms with Gasteiger partial charge >= 0.3 is 12.1 Å². The number of carbonyl (C=O) groups excluding carboxylic acids is 3. The van der Waals surface area contributed by atoms with Crippen molar-refractivity contribution in [3.8, 4) is 23.0 Å². The highest BCUT2D eigenvalue weighted by molar-refractivity contribution is 7.59. The van der Waals surface area contributed by atoms with Gasteiger partial charge in [-0.15, -0.1) is 0 Å². The maximum absolute atomic E-state index is 13.3. The molecule has 1 heterocycles. The fourth-order valence-electron chi connectivity index (χ4n) is 4.24. The van der Waals surface area contributed by atoms with Crippen LogP contribution in [0, 0.1) is 0 Å². The van der Waals surface area contributed by atoms with Crippen molar-refractivity contribution in [3.63, 3.8) is 0 Å². The number of benzene rings is 3. The molecule has 1 fully saturated rings. The second kappa shape index (κ2) is 17.2. The van der Waals surface area contributed by atoms with Gasteiger partial charge in [-0.25, -0.2) is 14.5 Å². The van der Waals surface area contributed by atoms with Gasteiger partial charge in [-0.1, -0.05) is 51.6 Å². The molecule has 3 atom stereocenters. The lowest BCUT2D eigenvalue weighted by Gasteiger charge is -2.32. The zero-order valence-electron chi connectivity index (χ0n) is 25.9. The number of hydrogen-bond donors (Lipinski definition) is 1. The Morgan fingerprint density at radius 1 is 0.844 bits per heavy atom. The minimum atomic E-state index is -1.20. The number of methoxy groups -OCH3 is 2. The van der Waals surface area contributed by atoms with Crippen LogP contribution >= 0.6 is 13.5 Å². The lowest BCUT2D eigenvalue weighted by molar-refractivity contribution is -0.157. The van der Waals surface area contributed by atoms with Crippen LogP contribution in [0.2, 0.25) is 0 Å². The topological polar surface area (TPSA) is 121 Å². The first kappa shape index (κ1) is 38.6. The van der Waals surface area contributed by atoms with Crippen LogP contribution in [0.3, 0.4) is 0 Å². The number of cyclic esters (lactones) is 1. The van der Waals surface area contributed by atoms with Crippen molar-refractivity contribution in [2.75, 3.05) is 20.8 Å². The molecule has 3 aromatic carbocycles. The summed E-state index contributed by atoms with van der Waals surface area (Å²) in [5, 5.41) is 9.12. The van der Waals surface area contributed by atoms with E-state index in [0.717, 1.165) is 5.56 Å². The van der Waals surface area contributed by atoms with Crippen molar-refractivity contribution in [3.05, 3.63) is 84.4 Å². The lowest BCUT2D eigenvalue weighted by Crippen LogP contribution is -2.51. The summed E-state index contributed by atoms with van der Waals surface area (Å²) in [5.74, 6) is 1.06. The van der Waals surface area contributed by atoms with Crippen LogP contribution in [0.1, 0.15) is 59.6 Å². The maximum Gasteiger partial charge on any atom is 0.417 e. The molecular weight excluding hydrogens is 598 g/mol. The maximum atomic E-state index is 13.3. The van der Waals surface area contributed by atoms with Gasteiger partial charge in [0.1, 0.15) is 35.6 Å². The van der Waals surface area contributed by atoms with E-state index in [4.69, 9.17) is 24.1 Å². The molecule has 0 spiro atoms. The first-order valence-electron chi connectivity index (χ1n) is 13.9. The zero-order chi connectivity index (χ0) is 31.6. The van der Waals surface area contributed by atoms with Crippen molar-refractivity contribution in [2.24, 2.45) is 0 Å². The highest BCUT2D eigenvalue weighted by Crippen LogP contribution is 2.33. The molecule has 0 radical (unpaired) electrons. The van der Waals surface area contributed by atoms with E-state index in [1.165, 1.54) is 24.1 Å². The van der Waals surface area contributed by atoms with Crippen LogP contribution in [-0.2, 0) is 19.1 Å². The molecule has 246 valence electrons. The first-order valence-corrected chi connectivity index (χ1v) is 13.9. The fraction of sp³-hybridized carbons (Fsp3) is 0.382. The summed E-state index contributed by atoms with van der Waals surface area (Å²) in [4.78, 5) is 38.3. The Balaban J connectivity index is 0.000000487. The van der Waals surface area contributed by atoms with Crippen molar-refractivity contribution >= 4 is 31.5 Å². The predicted molar refractivity (Wildman–Crippen MR) is 176 cm³/mol. The molecular formula is C34H45NO9S. The minimum Gasteiger partial charge on any atom is -0.508 e. The average molecular weight is 644 g/mol. The summed E-state index contributed by atoms with van der Waals surface area (Å²) in [6, 6.07) is 22.1. The van der Waals surface area contributed by atoms with E-state index in [0.29, 0.717) is 30.1 Å². The summed E-state index contributed by atoms with van der Waals surface area (Å²) in [7, 11) is 2.91. The molecule has 4 rings (SSSR count). The van der Waals surface area contributed by atoms with Gasteiger partial charge in [-0.05, 0) is 80.8 Å². The Kier molecular flexibility index (Phi) is 14.8. The molecule has 1 N–H and O–H groups in total. The number of esters is 1. The first-order chi connectivity index (χ1) is 20.5. The van der Waals surface area contributed by atoms with E-state index >= 15 is 0 Å². The molecule has 1 saturated heterocycles. The number of aromatic hydroxyl groups is 1. The number of nitrogens with zero attached hydrogens (tertiary/aromatic N) is 1. The normalized spacial score (nSPS) is 16.1. The van der Waals surface area contributed by atoms with Gasteiger partial charge in [0.05, 0.1) is 14.2 Å². The Bertz CT molecular complexity index is 1370. The largest absolute Gasteiger partial charge is 0.508 e. The molecule has 0 aromatic heterocycles. The summed E-state index contributed by atoms with van der Waals surface area (Å²) in [5.41, 5.74) is -1.35. The van der Waals surface area contributed by atoms with Gasteiger partial charge in [-0.3, -0.25) is 4.79 Å². The monoisotopic (exact) mass is 643 g/mol. The zero-order valence-corrected chi connectivity index (χ0v) is 26.9. The Morgan fingerprint density at radius 2 is 1.33 bits per heavy atom. The van der Waals surface area contributed by atoms with Crippen LogP contribution in [0.25, 0.3) is 0 Å². The molecule has 45 heavy (non-hydrogen) atoms. The summed E-state index contributed by atoms with van der Waals surface area (Å²) in [6.07, 6.45) is 0.246. The van der Waals surface area contributed by atoms with E-state index in [1.54, 1.807) is 57.4 Å². The second-order valence-electron chi connectivity index (χ2n) is 10.2. The molecule has 0 bridgehead atoms. The third-order valence-corrected chi connectivity index (χ3v) is 7.28. The van der Waals surface area contributed by atoms with Crippen LogP contribution in [-0.4, -0.2) is 60.0 Å². The molecule has 0 aliphatic carbocycles. The van der Waals surface area contributed by atoms with E-state index < -0.39 is 35.2 Å². The number of phenolic OH excluding ortho intramolecular Hbond substituents is 1. The number of carbonyl (C=O) groups is 3. The molecule has 0 saturated carbocycles. The van der Waals surface area contributed by atoms with Gasteiger partial charge in [-0.2, -0.15) is 13.5 Å². The molecule has 11 heteroatoms. The third kappa shape index (κ3) is 9.55. The number of amides is 2. The van der Waals surface area contributed by atoms with Crippen molar-refractivity contribution < 1.29 is 43.2 Å². The molecule has 1 aliphatic heterocycles. The summed E-state index contributed by atoms with van der Waals surface area (Å²) >= 11 is 0. The van der Waals surface area contributed by atoms with Crippen LogP contribution in [0.4, 0.5) is 4.79 Å². The number of phenols is 1. The second-order valence-corrected chi connectivity index (χ2v) is 10.2. The summed E-state index contributed by atoms with van der Waals surface area (Å²) in [6.45, 7) is 7.19. The average Bonchev–Trinajstić information content (AvgIpc) is 3.43. The lowest BCUT2D eigenvalue weighted by atomic mass is 9.98. The van der Waals surface area contributed by atoms with Crippen molar-refractivity contribution in [2.45, 2.75) is 65.2 Å². The van der Waals surface area contributed by atoms with Crippen LogP contribution < -0.4 is 14.2 Å². The van der Waals surface area contributed by atoms with Gasteiger partial charge in [0.15, 0.2) is 5.60 Å². The van der Waals surface area contributed by atoms with Gasteiger partial charge < -0.3 is 28.8 Å². The Hall–Kier alpha value is -4.38. The molecule has 1 aliphatic rings. The number of rotatable bonds is 10. The Morgan fingerprint density at radius 3 is 1.82 bits per heavy atom. The quantitative estimate of drug-likeness (QED) is 0.237. The number of ether oxygens (including phenoxy) is 5. The van der Waals surface area contributed by atoms with Crippen LogP contribution in [0.15, 0.2) is 78.9 Å². The van der Waals surface area contributed by atoms with Crippen molar-refractivity contribution in [1.82, 2.24) is 4.90 Å². The molecule has 3 aromatic rings.